The van der Waals surface area contributed by atoms with Crippen molar-refractivity contribution in [3.63, 3.8) is 0 Å². The number of nitrogens with one attached hydrogen (secondary N) is 1. The molecule has 7 heteroatoms. The van der Waals surface area contributed by atoms with Gasteiger partial charge in [0.05, 0.1) is 10.5 Å². The van der Waals surface area contributed by atoms with Gasteiger partial charge in [0.15, 0.2) is 0 Å². The minimum Gasteiger partial charge on any atom is -0.356 e. The third-order valence-corrected chi connectivity index (χ3v) is 3.34. The standard InChI is InChI=1S/C10H17N5O2/c1-14-6-8(15(16)17)9(13-14)12-10(7-11)4-2-3-5-10/h6H,2-5,7,11H2,1H3,(H,12,13). The van der Waals surface area contributed by atoms with E-state index in [-0.39, 0.29) is 11.2 Å². The molecule has 1 fully saturated rings. The van der Waals surface area contributed by atoms with Crippen molar-refractivity contribution in [2.24, 2.45) is 12.8 Å². The molecule has 1 heterocycles. The number of aromatic nitrogens is 2. The zero-order valence-corrected chi connectivity index (χ0v) is 9.85. The maximum Gasteiger partial charge on any atom is 0.330 e. The first kappa shape index (κ1) is 11.8. The molecule has 17 heavy (non-hydrogen) atoms. The molecular weight excluding hydrogens is 222 g/mol. The Morgan fingerprint density at radius 1 is 1.65 bits per heavy atom. The van der Waals surface area contributed by atoms with E-state index in [9.17, 15) is 10.1 Å². The van der Waals surface area contributed by atoms with Crippen molar-refractivity contribution in [3.05, 3.63) is 16.3 Å². The average Bonchev–Trinajstić information content (AvgIpc) is 2.87. The second kappa shape index (κ2) is 4.33. The molecule has 3 N–H and O–H groups in total. The average molecular weight is 239 g/mol. The van der Waals surface area contributed by atoms with E-state index >= 15 is 0 Å². The lowest BCUT2D eigenvalue weighted by molar-refractivity contribution is -0.384. The lowest BCUT2D eigenvalue weighted by atomic mass is 9.98. The molecule has 0 aliphatic heterocycles. The number of nitro groups is 1. The Kier molecular flexibility index (Phi) is 3.01. The van der Waals surface area contributed by atoms with Crippen LogP contribution in [-0.4, -0.2) is 26.8 Å². The van der Waals surface area contributed by atoms with Gasteiger partial charge in [-0.1, -0.05) is 12.8 Å². The van der Waals surface area contributed by atoms with Crippen molar-refractivity contribution < 1.29 is 4.92 Å². The maximum absolute atomic E-state index is 10.9. The third kappa shape index (κ3) is 2.23. The van der Waals surface area contributed by atoms with Crippen molar-refractivity contribution in [2.45, 2.75) is 31.2 Å². The highest BCUT2D eigenvalue weighted by Crippen LogP contribution is 2.34. The second-order valence-corrected chi connectivity index (χ2v) is 4.61. The van der Waals surface area contributed by atoms with Crippen LogP contribution in [0.2, 0.25) is 0 Å². The molecule has 0 bridgehead atoms. The summed E-state index contributed by atoms with van der Waals surface area (Å²) < 4.78 is 1.44. The normalized spacial score (nSPS) is 18.2. The van der Waals surface area contributed by atoms with Gasteiger partial charge in [0.1, 0.15) is 6.20 Å². The molecule has 0 atom stereocenters. The molecule has 0 spiro atoms. The summed E-state index contributed by atoms with van der Waals surface area (Å²) in [6, 6.07) is 0. The largest absolute Gasteiger partial charge is 0.356 e. The van der Waals surface area contributed by atoms with Gasteiger partial charge < -0.3 is 11.1 Å². The first-order chi connectivity index (χ1) is 8.06. The van der Waals surface area contributed by atoms with Crippen molar-refractivity contribution in [3.8, 4) is 0 Å². The van der Waals surface area contributed by atoms with Gasteiger partial charge in [0, 0.05) is 13.6 Å². The summed E-state index contributed by atoms with van der Waals surface area (Å²) in [7, 11) is 1.67. The van der Waals surface area contributed by atoms with Gasteiger partial charge in [0.2, 0.25) is 5.82 Å². The highest BCUT2D eigenvalue weighted by atomic mass is 16.6. The molecule has 0 radical (unpaired) electrons. The number of nitrogens with zero attached hydrogens (tertiary/aromatic N) is 3. The fraction of sp³-hybridized carbons (Fsp3) is 0.700. The van der Waals surface area contributed by atoms with Gasteiger partial charge in [-0.2, -0.15) is 0 Å². The van der Waals surface area contributed by atoms with Gasteiger partial charge in [-0.3, -0.25) is 14.8 Å². The number of aryl methyl sites for hydroxylation is 1. The Balaban J connectivity index is 2.25. The molecule has 1 saturated carbocycles. The zero-order valence-electron chi connectivity index (χ0n) is 9.85. The van der Waals surface area contributed by atoms with E-state index in [1.807, 2.05) is 0 Å². The van der Waals surface area contributed by atoms with Crippen LogP contribution >= 0.6 is 0 Å². The van der Waals surface area contributed by atoms with E-state index in [0.29, 0.717) is 12.4 Å². The van der Waals surface area contributed by atoms with E-state index in [0.717, 1.165) is 25.7 Å². The highest BCUT2D eigenvalue weighted by Gasteiger charge is 2.35. The molecule has 0 amide bonds. The fourth-order valence-electron chi connectivity index (χ4n) is 2.38. The molecular formula is C10H17N5O2. The van der Waals surface area contributed by atoms with E-state index < -0.39 is 4.92 Å². The molecule has 7 nitrogen and oxygen atoms in total. The summed E-state index contributed by atoms with van der Waals surface area (Å²) in [6.07, 6.45) is 5.49. The maximum atomic E-state index is 10.9. The SMILES string of the molecule is Cn1cc([N+](=O)[O-])c(NC2(CN)CCCC2)n1. The second-order valence-electron chi connectivity index (χ2n) is 4.61. The molecule has 0 unspecified atom stereocenters. The van der Waals surface area contributed by atoms with Gasteiger partial charge in [-0.25, -0.2) is 0 Å². The predicted octanol–water partition coefficient (Wildman–Crippen LogP) is 1.01. The van der Waals surface area contributed by atoms with Gasteiger partial charge in [-0.05, 0) is 12.8 Å². The highest BCUT2D eigenvalue weighted by molar-refractivity contribution is 5.56. The Bertz CT molecular complexity index is 422. The summed E-state index contributed by atoms with van der Waals surface area (Å²) in [6.45, 7) is 0.473. The van der Waals surface area contributed by atoms with Crippen molar-refractivity contribution in [2.75, 3.05) is 11.9 Å². The van der Waals surface area contributed by atoms with E-state index in [2.05, 4.69) is 10.4 Å². The van der Waals surface area contributed by atoms with Crippen LogP contribution in [0, 0.1) is 10.1 Å². The lowest BCUT2D eigenvalue weighted by Crippen LogP contribution is -2.43. The van der Waals surface area contributed by atoms with Crippen LogP contribution in [0.4, 0.5) is 11.5 Å². The Hall–Kier alpha value is -1.63. The fourth-order valence-corrected chi connectivity index (χ4v) is 2.38. The van der Waals surface area contributed by atoms with Crippen LogP contribution < -0.4 is 11.1 Å². The summed E-state index contributed by atoms with van der Waals surface area (Å²) >= 11 is 0. The molecule has 1 aromatic rings. The Labute approximate surface area is 99.1 Å². The van der Waals surface area contributed by atoms with Crippen LogP contribution in [0.25, 0.3) is 0 Å². The van der Waals surface area contributed by atoms with Crippen LogP contribution in [0.3, 0.4) is 0 Å². The van der Waals surface area contributed by atoms with Gasteiger partial charge in [0.25, 0.3) is 0 Å². The van der Waals surface area contributed by atoms with Crippen molar-refractivity contribution in [1.29, 1.82) is 0 Å². The van der Waals surface area contributed by atoms with Crippen LogP contribution in [0.1, 0.15) is 25.7 Å². The van der Waals surface area contributed by atoms with Crippen molar-refractivity contribution >= 4 is 11.5 Å². The third-order valence-electron chi connectivity index (χ3n) is 3.34. The smallest absolute Gasteiger partial charge is 0.330 e. The first-order valence-corrected chi connectivity index (χ1v) is 5.73. The zero-order chi connectivity index (χ0) is 12.5. The topological polar surface area (TPSA) is 99.0 Å². The Morgan fingerprint density at radius 3 is 2.82 bits per heavy atom. The number of hydrogen-bond acceptors (Lipinski definition) is 5. The minimum absolute atomic E-state index is 0.00669. The van der Waals surface area contributed by atoms with Gasteiger partial charge >= 0.3 is 5.69 Å². The van der Waals surface area contributed by atoms with Crippen molar-refractivity contribution in [1.82, 2.24) is 9.78 Å². The summed E-state index contributed by atoms with van der Waals surface area (Å²) in [5.41, 5.74) is 5.57. The lowest BCUT2D eigenvalue weighted by Gasteiger charge is -2.28. The summed E-state index contributed by atoms with van der Waals surface area (Å²) in [5, 5.41) is 18.2. The molecule has 2 rings (SSSR count). The molecule has 0 aromatic carbocycles. The number of anilines is 1. The molecule has 1 aromatic heterocycles. The first-order valence-electron chi connectivity index (χ1n) is 5.73. The predicted molar refractivity (Wildman–Crippen MR) is 63.7 cm³/mol. The molecule has 1 aliphatic carbocycles. The number of nitrogens with two attached hydrogens (primary N) is 1. The van der Waals surface area contributed by atoms with Crippen LogP contribution in [-0.2, 0) is 7.05 Å². The molecule has 1 aliphatic rings. The summed E-state index contributed by atoms with van der Waals surface area (Å²) in [5.74, 6) is 0.324. The number of hydrogen-bond donors (Lipinski definition) is 2. The summed E-state index contributed by atoms with van der Waals surface area (Å²) in [4.78, 5) is 10.5. The van der Waals surface area contributed by atoms with E-state index in [4.69, 9.17) is 5.73 Å². The van der Waals surface area contributed by atoms with Crippen LogP contribution in [0.5, 0.6) is 0 Å². The number of rotatable bonds is 4. The quantitative estimate of drug-likeness (QED) is 0.603. The van der Waals surface area contributed by atoms with E-state index in [1.165, 1.54) is 10.9 Å². The minimum atomic E-state index is -0.422. The van der Waals surface area contributed by atoms with E-state index in [1.54, 1.807) is 7.05 Å². The monoisotopic (exact) mass is 239 g/mol. The van der Waals surface area contributed by atoms with Crippen LogP contribution in [0.15, 0.2) is 6.20 Å². The molecule has 0 saturated heterocycles. The molecule has 94 valence electrons. The van der Waals surface area contributed by atoms with Gasteiger partial charge in [-0.15, -0.1) is 5.10 Å². The Morgan fingerprint density at radius 2 is 2.29 bits per heavy atom.